The first-order valence-electron chi connectivity index (χ1n) is 7.88. The van der Waals surface area contributed by atoms with Crippen LogP contribution in [0.25, 0.3) is 5.65 Å². The van der Waals surface area contributed by atoms with E-state index in [2.05, 4.69) is 14.8 Å². The van der Waals surface area contributed by atoms with Gasteiger partial charge in [0.1, 0.15) is 0 Å². The van der Waals surface area contributed by atoms with Crippen LogP contribution >= 0.6 is 0 Å². The largest absolute Gasteiger partial charge is 0.268 e. The predicted molar refractivity (Wildman–Crippen MR) is 91.7 cm³/mol. The number of nitrogens with one attached hydrogen (secondary N) is 1. The Hall–Kier alpha value is -2.74. The lowest BCUT2D eigenvalue weighted by molar-refractivity contribution is 0.0979. The van der Waals surface area contributed by atoms with E-state index in [4.69, 9.17) is 0 Å². The van der Waals surface area contributed by atoms with E-state index in [0.717, 1.165) is 11.1 Å². The van der Waals surface area contributed by atoms with Gasteiger partial charge in [-0.2, -0.15) is 5.10 Å². The van der Waals surface area contributed by atoms with Gasteiger partial charge in [-0.3, -0.25) is 4.79 Å². The molecule has 4 rings (SSSR count). The number of benzene rings is 1. The highest BCUT2D eigenvalue weighted by atomic mass is 32.2. The molecule has 8 heteroatoms. The normalized spacial score (nSPS) is 14.6. The Balaban J connectivity index is 1.58. The highest BCUT2D eigenvalue weighted by molar-refractivity contribution is 7.90. The fourth-order valence-corrected chi connectivity index (χ4v) is 4.55. The summed E-state index contributed by atoms with van der Waals surface area (Å²) in [5, 5.41) is 3.44. The van der Waals surface area contributed by atoms with Crippen molar-refractivity contribution >= 4 is 21.6 Å². The van der Waals surface area contributed by atoms with Crippen molar-refractivity contribution in [3.63, 3.8) is 0 Å². The highest BCUT2D eigenvalue weighted by Crippen LogP contribution is 2.26. The molecule has 0 saturated carbocycles. The number of fused-ring (bicyclic) bond motifs is 2. The molecule has 0 radical (unpaired) electrons. The van der Waals surface area contributed by atoms with Gasteiger partial charge in [-0.25, -0.2) is 22.6 Å². The Labute approximate surface area is 144 Å². The summed E-state index contributed by atoms with van der Waals surface area (Å²) in [7, 11) is -3.79. The minimum absolute atomic E-state index is 0.190. The summed E-state index contributed by atoms with van der Waals surface area (Å²) in [4.78, 5) is 16.6. The van der Waals surface area contributed by atoms with Gasteiger partial charge >= 0.3 is 0 Å². The van der Waals surface area contributed by atoms with E-state index >= 15 is 0 Å². The number of amides is 1. The zero-order valence-corrected chi connectivity index (χ0v) is 14.3. The number of rotatable bonds is 3. The van der Waals surface area contributed by atoms with Crippen LogP contribution in [0.4, 0.5) is 0 Å². The van der Waals surface area contributed by atoms with Crippen LogP contribution in [0.1, 0.15) is 27.2 Å². The van der Waals surface area contributed by atoms with E-state index in [1.165, 1.54) is 10.7 Å². The number of nitrogens with zero attached hydrogens (tertiary/aromatic N) is 3. The molecule has 1 aliphatic rings. The van der Waals surface area contributed by atoms with Gasteiger partial charge in [0.15, 0.2) is 5.65 Å². The highest BCUT2D eigenvalue weighted by Gasteiger charge is 2.33. The van der Waals surface area contributed by atoms with Crippen LogP contribution in [-0.2, 0) is 22.9 Å². The van der Waals surface area contributed by atoms with Crippen molar-refractivity contribution in [2.45, 2.75) is 25.0 Å². The van der Waals surface area contributed by atoms with Gasteiger partial charge < -0.3 is 0 Å². The molecule has 0 unspecified atom stereocenters. The average Bonchev–Trinajstić information content (AvgIpc) is 3.22. The number of sulfonamides is 1. The Morgan fingerprint density at radius 1 is 1.20 bits per heavy atom. The van der Waals surface area contributed by atoms with E-state index in [0.29, 0.717) is 24.2 Å². The molecule has 1 amide bonds. The van der Waals surface area contributed by atoms with Gasteiger partial charge in [0.05, 0.1) is 22.7 Å². The SMILES string of the molecule is Cc1c(C(=O)NS(=O)(=O)C2Cc3ccccc3C2)cnc2ccnn12. The summed E-state index contributed by atoms with van der Waals surface area (Å²) < 4.78 is 29.0. The van der Waals surface area contributed by atoms with Gasteiger partial charge in [-0.05, 0) is 30.9 Å². The first-order chi connectivity index (χ1) is 12.0. The molecule has 1 N–H and O–H groups in total. The van der Waals surface area contributed by atoms with E-state index in [9.17, 15) is 13.2 Å². The lowest BCUT2D eigenvalue weighted by Crippen LogP contribution is -2.39. The van der Waals surface area contributed by atoms with E-state index in [1.54, 1.807) is 19.2 Å². The van der Waals surface area contributed by atoms with Crippen LogP contribution in [0.15, 0.2) is 42.7 Å². The summed E-state index contributed by atoms with van der Waals surface area (Å²) in [6, 6.07) is 9.33. The Bertz CT molecular complexity index is 1060. The van der Waals surface area contributed by atoms with Gasteiger partial charge in [0, 0.05) is 12.3 Å². The molecule has 2 aromatic heterocycles. The summed E-state index contributed by atoms with van der Waals surface area (Å²) >= 11 is 0. The zero-order chi connectivity index (χ0) is 17.6. The molecule has 2 heterocycles. The third-order valence-corrected chi connectivity index (χ3v) is 6.27. The van der Waals surface area contributed by atoms with Crippen LogP contribution in [0.3, 0.4) is 0 Å². The quantitative estimate of drug-likeness (QED) is 0.763. The van der Waals surface area contributed by atoms with Crippen molar-refractivity contribution in [2.24, 2.45) is 0 Å². The molecular formula is C17H16N4O3S. The molecule has 128 valence electrons. The number of hydrogen-bond acceptors (Lipinski definition) is 5. The molecule has 0 saturated heterocycles. The molecule has 0 fully saturated rings. The fourth-order valence-electron chi connectivity index (χ4n) is 3.22. The molecule has 0 bridgehead atoms. The van der Waals surface area contributed by atoms with Crippen LogP contribution in [0, 0.1) is 6.92 Å². The first-order valence-corrected chi connectivity index (χ1v) is 9.42. The van der Waals surface area contributed by atoms with Gasteiger partial charge in [-0.1, -0.05) is 24.3 Å². The van der Waals surface area contributed by atoms with Crippen molar-refractivity contribution < 1.29 is 13.2 Å². The number of carbonyl (C=O) groups excluding carboxylic acids is 1. The summed E-state index contributed by atoms with van der Waals surface area (Å²) in [6.07, 6.45) is 3.77. The lowest BCUT2D eigenvalue weighted by atomic mass is 10.1. The molecule has 1 aliphatic carbocycles. The van der Waals surface area contributed by atoms with E-state index in [1.807, 2.05) is 24.3 Å². The Morgan fingerprint density at radius 2 is 1.88 bits per heavy atom. The van der Waals surface area contributed by atoms with Crippen molar-refractivity contribution in [2.75, 3.05) is 0 Å². The molecular weight excluding hydrogens is 340 g/mol. The molecule has 3 aromatic rings. The standard InChI is InChI=1S/C17H16N4O3S/c1-11-15(10-18-16-6-7-19-21(11)16)17(22)20-25(23,24)14-8-12-4-2-3-5-13(12)9-14/h2-7,10,14H,8-9H2,1H3,(H,20,22). The second-order valence-corrected chi connectivity index (χ2v) is 8.09. The summed E-state index contributed by atoms with van der Waals surface area (Å²) in [5.41, 5.74) is 3.36. The third-order valence-electron chi connectivity index (χ3n) is 4.59. The molecule has 25 heavy (non-hydrogen) atoms. The minimum atomic E-state index is -3.79. The summed E-state index contributed by atoms with van der Waals surface area (Å²) in [6.45, 7) is 1.70. The topological polar surface area (TPSA) is 93.4 Å². The van der Waals surface area contributed by atoms with Crippen molar-refractivity contribution in [3.8, 4) is 0 Å². The monoisotopic (exact) mass is 356 g/mol. The smallest absolute Gasteiger partial charge is 0.268 e. The second kappa shape index (κ2) is 5.66. The van der Waals surface area contributed by atoms with Crippen molar-refractivity contribution in [3.05, 3.63) is 65.1 Å². The minimum Gasteiger partial charge on any atom is -0.268 e. The van der Waals surface area contributed by atoms with Crippen LogP contribution < -0.4 is 4.72 Å². The third kappa shape index (κ3) is 2.68. The molecule has 1 aromatic carbocycles. The number of aromatic nitrogens is 3. The number of aryl methyl sites for hydroxylation is 1. The maximum Gasteiger partial charge on any atom is 0.268 e. The Morgan fingerprint density at radius 3 is 2.56 bits per heavy atom. The average molecular weight is 356 g/mol. The van der Waals surface area contributed by atoms with Gasteiger partial charge in [-0.15, -0.1) is 0 Å². The fraction of sp³-hybridized carbons (Fsp3) is 0.235. The molecule has 7 nitrogen and oxygen atoms in total. The first kappa shape index (κ1) is 15.8. The zero-order valence-electron chi connectivity index (χ0n) is 13.5. The van der Waals surface area contributed by atoms with Gasteiger partial charge in [0.25, 0.3) is 5.91 Å². The van der Waals surface area contributed by atoms with Crippen LogP contribution in [-0.4, -0.2) is 34.2 Å². The van der Waals surface area contributed by atoms with Crippen LogP contribution in [0.5, 0.6) is 0 Å². The molecule has 0 atom stereocenters. The van der Waals surface area contributed by atoms with Crippen LogP contribution in [0.2, 0.25) is 0 Å². The molecule has 0 aliphatic heterocycles. The number of carbonyl (C=O) groups is 1. The molecule has 0 spiro atoms. The van der Waals surface area contributed by atoms with E-state index < -0.39 is 21.2 Å². The van der Waals surface area contributed by atoms with Crippen molar-refractivity contribution in [1.82, 2.24) is 19.3 Å². The predicted octanol–water partition coefficient (Wildman–Crippen LogP) is 1.26. The van der Waals surface area contributed by atoms with Gasteiger partial charge in [0.2, 0.25) is 10.0 Å². The summed E-state index contributed by atoms with van der Waals surface area (Å²) in [5.74, 6) is -0.682. The maximum absolute atomic E-state index is 12.6. The van der Waals surface area contributed by atoms with Crippen molar-refractivity contribution in [1.29, 1.82) is 0 Å². The van der Waals surface area contributed by atoms with E-state index in [-0.39, 0.29) is 5.56 Å². The Kier molecular flexibility index (Phi) is 3.57. The number of hydrogen-bond donors (Lipinski definition) is 1. The maximum atomic E-state index is 12.6. The lowest BCUT2D eigenvalue weighted by Gasteiger charge is -2.13. The second-order valence-electron chi connectivity index (χ2n) is 6.13.